The van der Waals surface area contributed by atoms with E-state index < -0.39 is 72.7 Å². The number of para-hydroxylation sites is 1. The van der Waals surface area contributed by atoms with E-state index >= 15 is 0 Å². The smallest absolute Gasteiger partial charge is 0.326 e. The molecule has 2 rings (SSSR count). The molecular weight excluding hydrogens is 502 g/mol. The average molecular weight is 534 g/mol. The summed E-state index contributed by atoms with van der Waals surface area (Å²) in [6.45, 7) is -0.743. The number of carbonyl (C=O) groups excluding carboxylic acids is 5. The number of carboxylic acids is 1. The molecule has 0 spiro atoms. The average Bonchev–Trinajstić information content (AvgIpc) is 3.27. The van der Waals surface area contributed by atoms with Crippen LogP contribution in [0.4, 0.5) is 0 Å². The lowest BCUT2D eigenvalue weighted by Gasteiger charge is -2.24. The second kappa shape index (κ2) is 13.7. The number of nitrogens with one attached hydrogen (secondary N) is 4. The first kappa shape index (κ1) is 29.7. The van der Waals surface area contributed by atoms with Gasteiger partial charge in [-0.25, -0.2) is 4.79 Å². The molecule has 0 aliphatic rings. The summed E-state index contributed by atoms with van der Waals surface area (Å²) >= 11 is 0. The van der Waals surface area contributed by atoms with E-state index in [1.54, 1.807) is 30.5 Å². The number of aliphatic carboxylic acids is 1. The van der Waals surface area contributed by atoms with Crippen molar-refractivity contribution in [1.29, 1.82) is 0 Å². The van der Waals surface area contributed by atoms with Gasteiger partial charge in [0.1, 0.15) is 24.2 Å². The van der Waals surface area contributed by atoms with Crippen molar-refractivity contribution in [3.8, 4) is 0 Å². The zero-order chi connectivity index (χ0) is 28.4. The van der Waals surface area contributed by atoms with Gasteiger partial charge in [-0.3, -0.25) is 24.0 Å². The maximum absolute atomic E-state index is 13.0. The topological polar surface area (TPSA) is 273 Å². The zero-order valence-electron chi connectivity index (χ0n) is 20.3. The van der Waals surface area contributed by atoms with Crippen molar-refractivity contribution in [3.63, 3.8) is 0 Å². The minimum absolute atomic E-state index is 0.0963. The summed E-state index contributed by atoms with van der Waals surface area (Å²) in [5.41, 5.74) is 17.1. The van der Waals surface area contributed by atoms with Gasteiger partial charge in [-0.15, -0.1) is 0 Å². The number of aromatic amines is 1. The molecule has 0 fully saturated rings. The highest BCUT2D eigenvalue weighted by Gasteiger charge is 2.31. The third-order valence-corrected chi connectivity index (χ3v) is 5.60. The van der Waals surface area contributed by atoms with Crippen LogP contribution in [0.25, 0.3) is 10.9 Å². The molecule has 1 heterocycles. The minimum Gasteiger partial charge on any atom is -0.480 e. The summed E-state index contributed by atoms with van der Waals surface area (Å²) in [7, 11) is 0. The van der Waals surface area contributed by atoms with Crippen molar-refractivity contribution in [3.05, 3.63) is 36.0 Å². The lowest BCUT2D eigenvalue weighted by molar-refractivity contribution is -0.142. The standard InChI is InChI=1S/C23H31N7O8/c24-13(10-31)20(34)29-16(8-19(26)33)22(36)28-15(5-6-18(25)32)21(35)30-17(23(37)38)7-11-9-27-14-4-2-1-3-12(11)14/h1-4,9,13,15-17,27,31H,5-8,10,24H2,(H2,25,32)(H2,26,33)(H,28,36)(H,29,34)(H,30,35)(H,37,38). The molecule has 0 saturated carbocycles. The molecule has 0 aliphatic heterocycles. The first-order valence-electron chi connectivity index (χ1n) is 11.5. The number of carboxylic acid groups (broad SMARTS) is 1. The molecule has 38 heavy (non-hydrogen) atoms. The Balaban J connectivity index is 2.21. The van der Waals surface area contributed by atoms with Crippen LogP contribution in [0, 0.1) is 0 Å². The fourth-order valence-electron chi connectivity index (χ4n) is 3.59. The molecule has 1 aromatic heterocycles. The second-order valence-corrected chi connectivity index (χ2v) is 8.55. The van der Waals surface area contributed by atoms with Crippen LogP contribution in [0.2, 0.25) is 0 Å². The number of fused-ring (bicyclic) bond motifs is 1. The second-order valence-electron chi connectivity index (χ2n) is 8.55. The first-order chi connectivity index (χ1) is 17.9. The molecule has 0 radical (unpaired) electrons. The van der Waals surface area contributed by atoms with Gasteiger partial charge in [0.2, 0.25) is 29.5 Å². The number of amides is 5. The molecule has 15 heteroatoms. The van der Waals surface area contributed by atoms with E-state index in [9.17, 15) is 33.9 Å². The lowest BCUT2D eigenvalue weighted by Crippen LogP contribution is -2.58. The highest BCUT2D eigenvalue weighted by atomic mass is 16.4. The first-order valence-corrected chi connectivity index (χ1v) is 11.5. The Labute approximate surface area is 216 Å². The van der Waals surface area contributed by atoms with Gasteiger partial charge in [0, 0.05) is 29.9 Å². The summed E-state index contributed by atoms with van der Waals surface area (Å²) in [6, 6.07) is 1.34. The predicted octanol–water partition coefficient (Wildman–Crippen LogP) is -3.29. The molecule has 0 bridgehead atoms. The van der Waals surface area contributed by atoms with Gasteiger partial charge >= 0.3 is 5.97 Å². The van der Waals surface area contributed by atoms with Gasteiger partial charge in [-0.2, -0.15) is 0 Å². The van der Waals surface area contributed by atoms with Crippen molar-refractivity contribution in [1.82, 2.24) is 20.9 Å². The molecule has 4 unspecified atom stereocenters. The Hall–Kier alpha value is -4.50. The van der Waals surface area contributed by atoms with Gasteiger partial charge < -0.3 is 48.3 Å². The number of H-pyrrole nitrogens is 1. The molecule has 0 aliphatic carbocycles. The van der Waals surface area contributed by atoms with Crippen molar-refractivity contribution in [2.75, 3.05) is 6.61 Å². The number of primary amides is 2. The molecule has 206 valence electrons. The van der Waals surface area contributed by atoms with Gasteiger partial charge in [-0.1, -0.05) is 18.2 Å². The van der Waals surface area contributed by atoms with E-state index in [1.807, 2.05) is 0 Å². The predicted molar refractivity (Wildman–Crippen MR) is 133 cm³/mol. The quantitative estimate of drug-likeness (QED) is 0.111. The number of aromatic nitrogens is 1. The van der Waals surface area contributed by atoms with Crippen LogP contribution in [0.5, 0.6) is 0 Å². The van der Waals surface area contributed by atoms with E-state index in [0.29, 0.717) is 5.56 Å². The Kier molecular flexibility index (Phi) is 10.7. The summed E-state index contributed by atoms with van der Waals surface area (Å²) in [5, 5.41) is 26.3. The van der Waals surface area contributed by atoms with Crippen LogP contribution in [0.1, 0.15) is 24.8 Å². The normalized spacial score (nSPS) is 14.1. The highest BCUT2D eigenvalue weighted by Crippen LogP contribution is 2.19. The lowest BCUT2D eigenvalue weighted by atomic mass is 10.0. The number of hydrogen-bond acceptors (Lipinski definition) is 8. The SMILES string of the molecule is NC(=O)CCC(NC(=O)C(CC(N)=O)NC(=O)C(N)CO)C(=O)NC(Cc1c[nH]c2ccccc12)C(=O)O. The van der Waals surface area contributed by atoms with E-state index in [-0.39, 0.29) is 19.3 Å². The summed E-state index contributed by atoms with van der Waals surface area (Å²) in [4.78, 5) is 75.6. The third kappa shape index (κ3) is 8.56. The Bertz CT molecular complexity index is 1200. The van der Waals surface area contributed by atoms with Crippen molar-refractivity contribution < 1.29 is 39.0 Å². The minimum atomic E-state index is -1.57. The molecule has 0 saturated heterocycles. The fourth-order valence-corrected chi connectivity index (χ4v) is 3.59. The highest BCUT2D eigenvalue weighted by molar-refractivity contribution is 5.96. The van der Waals surface area contributed by atoms with E-state index in [4.69, 9.17) is 22.3 Å². The number of nitrogens with two attached hydrogens (primary N) is 3. The summed E-state index contributed by atoms with van der Waals surface area (Å²) in [5.74, 6) is -6.04. The van der Waals surface area contributed by atoms with Crippen LogP contribution >= 0.6 is 0 Å². The van der Waals surface area contributed by atoms with Crippen LogP contribution < -0.4 is 33.2 Å². The molecule has 2 aromatic rings. The molecule has 12 N–H and O–H groups in total. The molecule has 5 amide bonds. The fraction of sp³-hybridized carbons (Fsp3) is 0.391. The summed E-state index contributed by atoms with van der Waals surface area (Å²) in [6.07, 6.45) is 0.201. The van der Waals surface area contributed by atoms with Gasteiger partial charge in [0.15, 0.2) is 0 Å². The Morgan fingerprint density at radius 2 is 1.47 bits per heavy atom. The van der Waals surface area contributed by atoms with Gasteiger partial charge in [-0.05, 0) is 18.1 Å². The number of aliphatic hydroxyl groups is 1. The van der Waals surface area contributed by atoms with Gasteiger partial charge in [0.25, 0.3) is 0 Å². The van der Waals surface area contributed by atoms with Crippen molar-refractivity contribution in [2.24, 2.45) is 17.2 Å². The van der Waals surface area contributed by atoms with E-state index in [0.717, 1.165) is 10.9 Å². The molecule has 1 aromatic carbocycles. The molecular formula is C23H31N7O8. The van der Waals surface area contributed by atoms with E-state index in [1.165, 1.54) is 0 Å². The molecule has 15 nitrogen and oxygen atoms in total. The zero-order valence-corrected chi connectivity index (χ0v) is 20.3. The van der Waals surface area contributed by atoms with Crippen molar-refractivity contribution >= 4 is 46.4 Å². The molecule has 4 atom stereocenters. The van der Waals surface area contributed by atoms with Crippen LogP contribution in [-0.2, 0) is 35.2 Å². The van der Waals surface area contributed by atoms with Crippen LogP contribution in [0.15, 0.2) is 30.5 Å². The maximum atomic E-state index is 13.0. The van der Waals surface area contributed by atoms with Crippen LogP contribution in [-0.4, -0.2) is 81.5 Å². The number of aliphatic hydroxyl groups excluding tert-OH is 1. The third-order valence-electron chi connectivity index (χ3n) is 5.60. The van der Waals surface area contributed by atoms with Crippen LogP contribution in [0.3, 0.4) is 0 Å². The Morgan fingerprint density at radius 3 is 2.08 bits per heavy atom. The number of carbonyl (C=O) groups is 6. The Morgan fingerprint density at radius 1 is 0.868 bits per heavy atom. The monoisotopic (exact) mass is 533 g/mol. The number of hydrogen-bond donors (Lipinski definition) is 9. The largest absolute Gasteiger partial charge is 0.480 e. The van der Waals surface area contributed by atoms with Crippen molar-refractivity contribution in [2.45, 2.75) is 49.9 Å². The van der Waals surface area contributed by atoms with Gasteiger partial charge in [0.05, 0.1) is 13.0 Å². The number of benzene rings is 1. The summed E-state index contributed by atoms with van der Waals surface area (Å²) < 4.78 is 0. The number of rotatable bonds is 15. The van der Waals surface area contributed by atoms with E-state index in [2.05, 4.69) is 20.9 Å². The maximum Gasteiger partial charge on any atom is 0.326 e.